The van der Waals surface area contributed by atoms with Crippen LogP contribution in [0.1, 0.15) is 45.1 Å². The van der Waals surface area contributed by atoms with Gasteiger partial charge in [0.1, 0.15) is 6.10 Å². The fourth-order valence-electron chi connectivity index (χ4n) is 1.98. The lowest BCUT2D eigenvalue weighted by Crippen LogP contribution is -2.51. The number of amides is 1. The van der Waals surface area contributed by atoms with Gasteiger partial charge in [0.15, 0.2) is 14.0 Å². The molecule has 0 aliphatic carbocycles. The summed E-state index contributed by atoms with van der Waals surface area (Å²) in [6, 6.07) is -0.394. The van der Waals surface area contributed by atoms with E-state index in [-0.39, 0.29) is 17.5 Å². The van der Waals surface area contributed by atoms with Crippen molar-refractivity contribution in [1.82, 2.24) is 20.6 Å². The molecule has 0 radical (unpaired) electrons. The predicted octanol–water partition coefficient (Wildman–Crippen LogP) is 3.28. The lowest BCUT2D eigenvalue weighted by Gasteiger charge is -2.39. The smallest absolute Gasteiger partial charge is 0.404 e. The average molecular weight is 407 g/mol. The van der Waals surface area contributed by atoms with Gasteiger partial charge in [-0.25, -0.2) is 4.98 Å². The molecular weight excluding hydrogens is 377 g/mol. The van der Waals surface area contributed by atoms with E-state index in [9.17, 15) is 18.0 Å². The molecule has 0 aliphatic rings. The number of carbonyl (C=O) groups is 1. The minimum absolute atomic E-state index is 0.0657. The average Bonchev–Trinajstić information content (AvgIpc) is 2.55. The first kappa shape index (κ1) is 23.5. The maximum Gasteiger partial charge on any atom is 0.434 e. The number of aromatic nitrogens is 2. The molecule has 0 fully saturated rings. The highest BCUT2D eigenvalue weighted by Crippen LogP contribution is 2.37. The highest BCUT2D eigenvalue weighted by molar-refractivity contribution is 6.74. The number of carbonyl (C=O) groups excluding carboxylic acids is 1. The second-order valence-electron chi connectivity index (χ2n) is 7.94. The van der Waals surface area contributed by atoms with Crippen LogP contribution in [0.15, 0.2) is 12.4 Å². The van der Waals surface area contributed by atoms with Gasteiger partial charge in [-0.05, 0) is 25.1 Å². The van der Waals surface area contributed by atoms with Crippen molar-refractivity contribution in [3.63, 3.8) is 0 Å². The van der Waals surface area contributed by atoms with Crippen LogP contribution in [0.25, 0.3) is 0 Å². The molecule has 0 spiro atoms. The molecule has 1 heterocycles. The van der Waals surface area contributed by atoms with E-state index in [1.54, 1.807) is 6.92 Å². The number of hydrogen-bond acceptors (Lipinski definition) is 5. The Bertz CT molecular complexity index is 631. The second kappa shape index (κ2) is 8.66. The van der Waals surface area contributed by atoms with Gasteiger partial charge in [0.2, 0.25) is 5.91 Å². The molecule has 10 heteroatoms. The predicted molar refractivity (Wildman–Crippen MR) is 99.6 cm³/mol. The standard InChI is InChI=1S/C17H29F3N4O2Si/c1-11(12-8-24-14(10-23-12)17(18,19)20)22-9-13(15(25)21-5)26-27(6,7)16(2,3)4/h8,10-11,13,22H,9H2,1-7H3,(H,21,25)/t11-,13?/m0/s1. The van der Waals surface area contributed by atoms with E-state index in [0.29, 0.717) is 11.9 Å². The second-order valence-corrected chi connectivity index (χ2v) is 12.7. The molecule has 1 rings (SSSR count). The molecule has 154 valence electrons. The van der Waals surface area contributed by atoms with Crippen molar-refractivity contribution in [1.29, 1.82) is 0 Å². The molecule has 2 atom stereocenters. The zero-order chi connectivity index (χ0) is 21.0. The number of hydrogen-bond donors (Lipinski definition) is 2. The number of rotatable bonds is 7. The minimum atomic E-state index is -4.52. The third kappa shape index (κ3) is 6.54. The number of nitrogens with zero attached hydrogens (tertiary/aromatic N) is 2. The zero-order valence-electron chi connectivity index (χ0n) is 16.9. The number of likely N-dealkylation sites (N-methyl/N-ethyl adjacent to an activating group) is 1. The third-order valence-corrected chi connectivity index (χ3v) is 9.28. The van der Waals surface area contributed by atoms with Crippen molar-refractivity contribution in [2.24, 2.45) is 0 Å². The van der Waals surface area contributed by atoms with Gasteiger partial charge < -0.3 is 15.1 Å². The van der Waals surface area contributed by atoms with Gasteiger partial charge in [0.05, 0.1) is 18.1 Å². The van der Waals surface area contributed by atoms with Crippen molar-refractivity contribution >= 4 is 14.2 Å². The normalized spacial score (nSPS) is 15.3. The molecule has 1 amide bonds. The molecule has 1 aromatic heterocycles. The quantitative estimate of drug-likeness (QED) is 0.680. The van der Waals surface area contributed by atoms with Crippen LogP contribution in [0.2, 0.25) is 18.1 Å². The van der Waals surface area contributed by atoms with E-state index < -0.39 is 32.3 Å². The van der Waals surface area contributed by atoms with Crippen LogP contribution in [0.3, 0.4) is 0 Å². The summed E-state index contributed by atoms with van der Waals surface area (Å²) < 4.78 is 43.9. The Kier molecular flexibility index (Phi) is 7.54. The first-order chi connectivity index (χ1) is 12.2. The lowest BCUT2D eigenvalue weighted by atomic mass is 10.2. The fraction of sp³-hybridized carbons (Fsp3) is 0.706. The zero-order valence-corrected chi connectivity index (χ0v) is 17.9. The molecule has 0 aliphatic heterocycles. The molecular formula is C17H29F3N4O2Si. The van der Waals surface area contributed by atoms with E-state index in [1.165, 1.54) is 7.05 Å². The maximum absolute atomic E-state index is 12.6. The van der Waals surface area contributed by atoms with Gasteiger partial charge in [0.25, 0.3) is 0 Å². The Labute approximate surface area is 159 Å². The van der Waals surface area contributed by atoms with Crippen molar-refractivity contribution in [3.8, 4) is 0 Å². The summed E-state index contributed by atoms with van der Waals surface area (Å²) in [5.74, 6) is -0.252. The van der Waals surface area contributed by atoms with E-state index in [0.717, 1.165) is 6.20 Å². The summed E-state index contributed by atoms with van der Waals surface area (Å²) in [6.07, 6.45) is -3.44. The summed E-state index contributed by atoms with van der Waals surface area (Å²) in [6.45, 7) is 12.3. The van der Waals surface area contributed by atoms with Crippen LogP contribution in [0.5, 0.6) is 0 Å². The molecule has 1 unspecified atom stereocenters. The summed E-state index contributed by atoms with van der Waals surface area (Å²) in [5, 5.41) is 5.63. The summed E-state index contributed by atoms with van der Waals surface area (Å²) >= 11 is 0. The van der Waals surface area contributed by atoms with Gasteiger partial charge >= 0.3 is 6.18 Å². The van der Waals surface area contributed by atoms with Crippen molar-refractivity contribution in [3.05, 3.63) is 23.8 Å². The Morgan fingerprint density at radius 3 is 2.22 bits per heavy atom. The molecule has 1 aromatic rings. The van der Waals surface area contributed by atoms with E-state index in [2.05, 4.69) is 41.4 Å². The first-order valence-electron chi connectivity index (χ1n) is 8.71. The van der Waals surface area contributed by atoms with Gasteiger partial charge in [-0.1, -0.05) is 20.8 Å². The van der Waals surface area contributed by atoms with Crippen LogP contribution in [-0.4, -0.2) is 43.9 Å². The topological polar surface area (TPSA) is 76.1 Å². The van der Waals surface area contributed by atoms with Gasteiger partial charge in [-0.3, -0.25) is 9.78 Å². The van der Waals surface area contributed by atoms with Crippen LogP contribution in [0.4, 0.5) is 13.2 Å². The summed E-state index contributed by atoms with van der Waals surface area (Å²) in [5.41, 5.74) is -0.686. The highest BCUT2D eigenvalue weighted by Gasteiger charge is 2.40. The van der Waals surface area contributed by atoms with Crippen LogP contribution in [-0.2, 0) is 15.4 Å². The monoisotopic (exact) mass is 406 g/mol. The Hall–Kier alpha value is -1.52. The van der Waals surface area contributed by atoms with Gasteiger partial charge in [-0.2, -0.15) is 13.2 Å². The van der Waals surface area contributed by atoms with Gasteiger partial charge in [-0.15, -0.1) is 0 Å². The molecule has 0 saturated heterocycles. The van der Waals surface area contributed by atoms with Crippen LogP contribution < -0.4 is 10.6 Å². The molecule has 0 aromatic carbocycles. The first-order valence-corrected chi connectivity index (χ1v) is 11.6. The van der Waals surface area contributed by atoms with Crippen LogP contribution in [0, 0.1) is 0 Å². The minimum Gasteiger partial charge on any atom is -0.404 e. The Morgan fingerprint density at radius 2 is 1.81 bits per heavy atom. The largest absolute Gasteiger partial charge is 0.434 e. The van der Waals surface area contributed by atoms with Crippen molar-refractivity contribution in [2.75, 3.05) is 13.6 Å². The lowest BCUT2D eigenvalue weighted by molar-refractivity contribution is -0.141. The van der Waals surface area contributed by atoms with E-state index >= 15 is 0 Å². The Balaban J connectivity index is 2.82. The molecule has 0 bridgehead atoms. The van der Waals surface area contributed by atoms with Crippen LogP contribution >= 0.6 is 0 Å². The SMILES string of the molecule is CNC(=O)C(CN[C@@H](C)c1cnc(C(F)(F)F)cn1)O[Si](C)(C)C(C)(C)C. The highest BCUT2D eigenvalue weighted by atomic mass is 28.4. The van der Waals surface area contributed by atoms with E-state index in [4.69, 9.17) is 4.43 Å². The maximum atomic E-state index is 12.6. The summed E-state index contributed by atoms with van der Waals surface area (Å²) in [4.78, 5) is 19.4. The van der Waals surface area contributed by atoms with Gasteiger partial charge in [0, 0.05) is 19.6 Å². The molecule has 0 saturated carbocycles. The fourth-order valence-corrected chi connectivity index (χ4v) is 3.23. The third-order valence-electron chi connectivity index (χ3n) is 4.80. The van der Waals surface area contributed by atoms with Crippen molar-refractivity contribution < 1.29 is 22.4 Å². The summed E-state index contributed by atoms with van der Waals surface area (Å²) in [7, 11) is -0.644. The molecule has 2 N–H and O–H groups in total. The van der Waals surface area contributed by atoms with E-state index in [1.807, 2.05) is 13.1 Å². The molecule has 27 heavy (non-hydrogen) atoms. The number of halogens is 3. The number of nitrogens with one attached hydrogen (secondary N) is 2. The number of alkyl halides is 3. The van der Waals surface area contributed by atoms with Crippen molar-refractivity contribution in [2.45, 2.75) is 64.1 Å². The molecule has 6 nitrogen and oxygen atoms in total. The Morgan fingerprint density at radius 1 is 1.22 bits per heavy atom.